The highest BCUT2D eigenvalue weighted by Crippen LogP contribution is 2.26. The summed E-state index contributed by atoms with van der Waals surface area (Å²) in [5.41, 5.74) is 0. The van der Waals surface area contributed by atoms with Crippen LogP contribution < -0.4 is 5.32 Å². The minimum atomic E-state index is 1.12. The van der Waals surface area contributed by atoms with E-state index in [2.05, 4.69) is 31.0 Å². The lowest BCUT2D eigenvalue weighted by atomic mass is 10.0. The van der Waals surface area contributed by atoms with E-state index in [9.17, 15) is 0 Å². The molecule has 1 N–H and O–H groups in total. The summed E-state index contributed by atoms with van der Waals surface area (Å²) in [5, 5.41) is 3.13. The monoisotopic (exact) mass is 136 g/mol. The Morgan fingerprint density at radius 2 is 2.00 bits per heavy atom. The summed E-state index contributed by atoms with van der Waals surface area (Å²) < 4.78 is 0. The molecule has 5 radical (unpaired) electrons. The van der Waals surface area contributed by atoms with E-state index >= 15 is 0 Å². The Balaban J connectivity index is 1.91. The Labute approximate surface area is 64.2 Å². The first-order valence-electron chi connectivity index (χ1n) is 3.78. The molecule has 0 atom stereocenters. The molecule has 0 saturated heterocycles. The summed E-state index contributed by atoms with van der Waals surface area (Å²) in [6.07, 6.45) is 11.0. The lowest BCUT2D eigenvalue weighted by Crippen LogP contribution is -2.08. The van der Waals surface area contributed by atoms with Gasteiger partial charge in [-0.15, -0.1) is 0 Å². The van der Waals surface area contributed by atoms with Crippen molar-refractivity contribution >= 4 is 0 Å². The van der Waals surface area contributed by atoms with Gasteiger partial charge in [-0.2, -0.15) is 0 Å². The van der Waals surface area contributed by atoms with Crippen LogP contribution in [-0.4, -0.2) is 13.6 Å². The van der Waals surface area contributed by atoms with Crippen LogP contribution >= 0.6 is 0 Å². The summed E-state index contributed by atoms with van der Waals surface area (Å²) in [5.74, 6) is 1.45. The first-order chi connectivity index (χ1) is 4.93. The molecular formula is C9H14N. The Hall–Kier alpha value is -0.0400. The smallest absolute Gasteiger partial charge is 0.00517 e. The molecule has 10 heavy (non-hydrogen) atoms. The molecule has 1 heteroatoms. The van der Waals surface area contributed by atoms with E-state index in [1.54, 1.807) is 0 Å². The number of nitrogens with one attached hydrogen (secondary N) is 1. The fourth-order valence-corrected chi connectivity index (χ4v) is 1.05. The molecule has 0 bridgehead atoms. The van der Waals surface area contributed by atoms with Crippen LogP contribution in [0.3, 0.4) is 0 Å². The minimum Gasteiger partial charge on any atom is -0.320 e. The molecule has 55 valence electrons. The molecule has 0 aromatic rings. The average Bonchev–Trinajstić information content (AvgIpc) is 2.41. The number of hydrogen-bond donors (Lipinski definition) is 1. The van der Waals surface area contributed by atoms with Gasteiger partial charge in [0, 0.05) is 0 Å². The summed E-state index contributed by atoms with van der Waals surface area (Å²) in [4.78, 5) is 0. The van der Waals surface area contributed by atoms with Crippen molar-refractivity contribution < 1.29 is 0 Å². The molecule has 0 aromatic heterocycles. The first-order valence-corrected chi connectivity index (χ1v) is 3.78. The van der Waals surface area contributed by atoms with E-state index in [4.69, 9.17) is 0 Å². The van der Waals surface area contributed by atoms with E-state index in [0.29, 0.717) is 0 Å². The lowest BCUT2D eigenvalue weighted by molar-refractivity contribution is 0.703. The van der Waals surface area contributed by atoms with Crippen LogP contribution in [0.1, 0.15) is 12.8 Å². The second-order valence-corrected chi connectivity index (χ2v) is 2.50. The van der Waals surface area contributed by atoms with Gasteiger partial charge in [-0.05, 0) is 58.0 Å². The van der Waals surface area contributed by atoms with Gasteiger partial charge in [-0.3, -0.25) is 0 Å². The quantitative estimate of drug-likeness (QED) is 0.576. The van der Waals surface area contributed by atoms with Crippen molar-refractivity contribution in [1.82, 2.24) is 5.32 Å². The highest BCUT2D eigenvalue weighted by molar-refractivity contribution is 5.34. The maximum absolute atomic E-state index is 3.13. The third-order valence-corrected chi connectivity index (χ3v) is 1.62. The normalized spacial score (nSPS) is 20.1. The topological polar surface area (TPSA) is 12.0 Å². The zero-order valence-corrected chi connectivity index (χ0v) is 6.43. The predicted molar refractivity (Wildman–Crippen MR) is 43.6 cm³/mol. The van der Waals surface area contributed by atoms with Crippen LogP contribution in [0.25, 0.3) is 0 Å². The zero-order valence-electron chi connectivity index (χ0n) is 6.43. The van der Waals surface area contributed by atoms with E-state index in [1.165, 1.54) is 18.8 Å². The van der Waals surface area contributed by atoms with Gasteiger partial charge in [0.25, 0.3) is 0 Å². The van der Waals surface area contributed by atoms with Gasteiger partial charge < -0.3 is 5.32 Å². The molecular weight excluding hydrogens is 122 g/mol. The second-order valence-electron chi connectivity index (χ2n) is 2.50. The SMILES string of the molecule is CNCCC[C]1[CH][CH][CH][CH]1. The maximum Gasteiger partial charge on any atom is -0.00517 e. The van der Waals surface area contributed by atoms with Crippen LogP contribution in [0.15, 0.2) is 0 Å². The lowest BCUT2D eigenvalue weighted by Gasteiger charge is -2.05. The molecule has 0 aliphatic heterocycles. The second kappa shape index (κ2) is 4.73. The first kappa shape index (κ1) is 8.06. The molecule has 1 aliphatic carbocycles. The van der Waals surface area contributed by atoms with Crippen LogP contribution in [0, 0.1) is 31.6 Å². The van der Waals surface area contributed by atoms with Gasteiger partial charge in [-0.25, -0.2) is 0 Å². The molecule has 0 amide bonds. The van der Waals surface area contributed by atoms with Crippen LogP contribution in [-0.2, 0) is 0 Å². The average molecular weight is 136 g/mol. The van der Waals surface area contributed by atoms with Gasteiger partial charge in [-0.1, -0.05) is 0 Å². The zero-order chi connectivity index (χ0) is 7.23. The van der Waals surface area contributed by atoms with Crippen LogP contribution in [0.2, 0.25) is 0 Å². The summed E-state index contributed by atoms with van der Waals surface area (Å²) >= 11 is 0. The van der Waals surface area contributed by atoms with Crippen molar-refractivity contribution in [3.05, 3.63) is 31.6 Å². The molecule has 0 unspecified atom stereocenters. The third-order valence-electron chi connectivity index (χ3n) is 1.62. The van der Waals surface area contributed by atoms with Crippen LogP contribution in [0.5, 0.6) is 0 Å². The van der Waals surface area contributed by atoms with E-state index in [-0.39, 0.29) is 0 Å². The van der Waals surface area contributed by atoms with E-state index < -0.39 is 0 Å². The summed E-state index contributed by atoms with van der Waals surface area (Å²) in [6, 6.07) is 0. The predicted octanol–water partition coefficient (Wildman–Crippen LogP) is 1.39. The Kier molecular flexibility index (Phi) is 3.81. The molecule has 1 rings (SSSR count). The summed E-state index contributed by atoms with van der Waals surface area (Å²) in [7, 11) is 1.99. The Morgan fingerprint density at radius 1 is 1.30 bits per heavy atom. The molecule has 1 aliphatic rings. The largest absolute Gasteiger partial charge is 0.320 e. The fraction of sp³-hybridized carbons (Fsp3) is 0.444. The molecule has 0 aromatic carbocycles. The van der Waals surface area contributed by atoms with Crippen molar-refractivity contribution in [3.8, 4) is 0 Å². The van der Waals surface area contributed by atoms with Gasteiger partial charge in [0.15, 0.2) is 0 Å². The van der Waals surface area contributed by atoms with E-state index in [0.717, 1.165) is 6.54 Å². The molecule has 1 fully saturated rings. The Bertz CT molecular complexity index is 74.8. The van der Waals surface area contributed by atoms with Gasteiger partial charge in [0.2, 0.25) is 0 Å². The fourth-order valence-electron chi connectivity index (χ4n) is 1.05. The highest BCUT2D eigenvalue weighted by Gasteiger charge is 2.15. The van der Waals surface area contributed by atoms with Gasteiger partial charge in [0.1, 0.15) is 0 Å². The van der Waals surface area contributed by atoms with Crippen molar-refractivity contribution in [2.45, 2.75) is 12.8 Å². The van der Waals surface area contributed by atoms with Gasteiger partial charge >= 0.3 is 0 Å². The van der Waals surface area contributed by atoms with Crippen molar-refractivity contribution in [2.24, 2.45) is 0 Å². The maximum atomic E-state index is 3.13. The molecule has 1 saturated carbocycles. The number of rotatable bonds is 4. The summed E-state index contributed by atoms with van der Waals surface area (Å²) in [6.45, 7) is 1.12. The number of hydrogen-bond acceptors (Lipinski definition) is 1. The Morgan fingerprint density at radius 3 is 2.60 bits per heavy atom. The van der Waals surface area contributed by atoms with Gasteiger partial charge in [0.05, 0.1) is 0 Å². The third kappa shape index (κ3) is 2.70. The van der Waals surface area contributed by atoms with Crippen LogP contribution in [0.4, 0.5) is 0 Å². The highest BCUT2D eigenvalue weighted by atomic mass is 14.8. The molecule has 0 heterocycles. The minimum absolute atomic E-state index is 1.12. The standard InChI is InChI=1S/C9H14N/c1-10-8-4-7-9-5-2-3-6-9/h2-3,5-6,10H,4,7-8H2,1H3. The molecule has 0 spiro atoms. The van der Waals surface area contributed by atoms with Crippen molar-refractivity contribution in [3.63, 3.8) is 0 Å². The van der Waals surface area contributed by atoms with E-state index in [1.807, 2.05) is 7.05 Å². The molecule has 1 nitrogen and oxygen atoms in total. The van der Waals surface area contributed by atoms with Crippen molar-refractivity contribution in [2.75, 3.05) is 13.6 Å². The van der Waals surface area contributed by atoms with Crippen molar-refractivity contribution in [1.29, 1.82) is 0 Å².